The Labute approximate surface area is 114 Å². The number of morpholine rings is 1. The molecule has 1 atom stereocenters. The standard InChI is InChI=1S/C15H23NO3/c1-12(2)19-15-5-3-13(4-6-15)16-8-10-18-11-14(16)7-9-17/h3-6,12,14,17H,7-11H2,1-2H3. The summed E-state index contributed by atoms with van der Waals surface area (Å²) in [6.45, 7) is 6.53. The molecule has 0 spiro atoms. The predicted octanol–water partition coefficient (Wildman–Crippen LogP) is 2.06. The van der Waals surface area contributed by atoms with E-state index in [1.807, 2.05) is 26.0 Å². The normalized spacial score (nSPS) is 19.8. The van der Waals surface area contributed by atoms with Crippen molar-refractivity contribution in [1.82, 2.24) is 0 Å². The van der Waals surface area contributed by atoms with Gasteiger partial charge in [-0.3, -0.25) is 0 Å². The van der Waals surface area contributed by atoms with Crippen molar-refractivity contribution < 1.29 is 14.6 Å². The average molecular weight is 265 g/mol. The van der Waals surface area contributed by atoms with Crippen molar-refractivity contribution in [2.75, 3.05) is 31.3 Å². The lowest BCUT2D eigenvalue weighted by Crippen LogP contribution is -2.46. The number of benzene rings is 1. The summed E-state index contributed by atoms with van der Waals surface area (Å²) in [5.74, 6) is 0.894. The first-order valence-corrected chi connectivity index (χ1v) is 6.92. The third kappa shape index (κ3) is 3.85. The Kier molecular flexibility index (Phi) is 5.05. The Bertz CT molecular complexity index is 375. The number of hydrogen-bond donors (Lipinski definition) is 1. The molecule has 1 aliphatic heterocycles. The first-order valence-electron chi connectivity index (χ1n) is 6.92. The number of hydrogen-bond acceptors (Lipinski definition) is 4. The number of rotatable bonds is 5. The molecule has 4 heteroatoms. The van der Waals surface area contributed by atoms with Crippen LogP contribution in [0.2, 0.25) is 0 Å². The van der Waals surface area contributed by atoms with Crippen LogP contribution in [0.25, 0.3) is 0 Å². The molecule has 1 aromatic carbocycles. The second kappa shape index (κ2) is 6.78. The fraction of sp³-hybridized carbons (Fsp3) is 0.600. The molecular formula is C15H23NO3. The molecule has 2 rings (SSSR count). The van der Waals surface area contributed by atoms with Gasteiger partial charge in [-0.2, -0.15) is 0 Å². The number of aliphatic hydroxyl groups is 1. The zero-order valence-corrected chi connectivity index (χ0v) is 11.7. The monoisotopic (exact) mass is 265 g/mol. The van der Waals surface area contributed by atoms with E-state index in [4.69, 9.17) is 14.6 Å². The highest BCUT2D eigenvalue weighted by Crippen LogP contribution is 2.24. The lowest BCUT2D eigenvalue weighted by atomic mass is 10.1. The molecule has 1 unspecified atom stereocenters. The predicted molar refractivity (Wildman–Crippen MR) is 75.9 cm³/mol. The minimum atomic E-state index is 0.191. The molecule has 106 valence electrons. The molecule has 0 aromatic heterocycles. The molecule has 0 amide bonds. The minimum absolute atomic E-state index is 0.191. The van der Waals surface area contributed by atoms with Crippen molar-refractivity contribution in [3.63, 3.8) is 0 Å². The van der Waals surface area contributed by atoms with E-state index >= 15 is 0 Å². The highest BCUT2D eigenvalue weighted by atomic mass is 16.5. The molecule has 1 saturated heterocycles. The van der Waals surface area contributed by atoms with Crippen LogP contribution >= 0.6 is 0 Å². The zero-order valence-electron chi connectivity index (χ0n) is 11.7. The van der Waals surface area contributed by atoms with Gasteiger partial charge in [-0.05, 0) is 44.5 Å². The number of nitrogens with zero attached hydrogens (tertiary/aromatic N) is 1. The highest BCUT2D eigenvalue weighted by Gasteiger charge is 2.22. The lowest BCUT2D eigenvalue weighted by Gasteiger charge is -2.37. The summed E-state index contributed by atoms with van der Waals surface area (Å²) in [4.78, 5) is 2.30. The molecule has 1 N–H and O–H groups in total. The summed E-state index contributed by atoms with van der Waals surface area (Å²) in [6.07, 6.45) is 0.931. The topological polar surface area (TPSA) is 41.9 Å². The second-order valence-corrected chi connectivity index (χ2v) is 5.09. The van der Waals surface area contributed by atoms with Crippen LogP contribution in [0.15, 0.2) is 24.3 Å². The van der Waals surface area contributed by atoms with Gasteiger partial charge in [-0.1, -0.05) is 0 Å². The van der Waals surface area contributed by atoms with Gasteiger partial charge < -0.3 is 19.5 Å². The Balaban J connectivity index is 2.06. The average Bonchev–Trinajstić information content (AvgIpc) is 2.40. The number of aliphatic hydroxyl groups excluding tert-OH is 1. The summed E-state index contributed by atoms with van der Waals surface area (Å²) in [6, 6.07) is 8.42. The van der Waals surface area contributed by atoms with Crippen LogP contribution in [0.4, 0.5) is 5.69 Å². The van der Waals surface area contributed by atoms with Crippen LogP contribution in [-0.4, -0.2) is 43.6 Å². The Morgan fingerprint density at radius 1 is 1.37 bits per heavy atom. The zero-order chi connectivity index (χ0) is 13.7. The van der Waals surface area contributed by atoms with Gasteiger partial charge in [0.05, 0.1) is 25.4 Å². The SMILES string of the molecule is CC(C)Oc1ccc(N2CCOCC2CCO)cc1. The van der Waals surface area contributed by atoms with Crippen molar-refractivity contribution in [2.24, 2.45) is 0 Å². The molecule has 4 nitrogen and oxygen atoms in total. The summed E-state index contributed by atoms with van der Waals surface area (Å²) >= 11 is 0. The minimum Gasteiger partial charge on any atom is -0.491 e. The molecule has 1 aromatic rings. The van der Waals surface area contributed by atoms with Gasteiger partial charge in [-0.15, -0.1) is 0 Å². The quantitative estimate of drug-likeness (QED) is 0.885. The molecule has 1 aliphatic rings. The third-order valence-electron chi connectivity index (χ3n) is 3.23. The van der Waals surface area contributed by atoms with Gasteiger partial charge in [0.15, 0.2) is 0 Å². The molecule has 19 heavy (non-hydrogen) atoms. The van der Waals surface area contributed by atoms with Crippen LogP contribution in [0.5, 0.6) is 5.75 Å². The van der Waals surface area contributed by atoms with E-state index in [-0.39, 0.29) is 18.8 Å². The van der Waals surface area contributed by atoms with Gasteiger partial charge in [-0.25, -0.2) is 0 Å². The number of ether oxygens (including phenoxy) is 2. The van der Waals surface area contributed by atoms with Crippen molar-refractivity contribution in [1.29, 1.82) is 0 Å². The second-order valence-electron chi connectivity index (χ2n) is 5.09. The van der Waals surface area contributed by atoms with E-state index in [0.29, 0.717) is 6.61 Å². The van der Waals surface area contributed by atoms with Gasteiger partial charge in [0.25, 0.3) is 0 Å². The molecule has 0 bridgehead atoms. The van der Waals surface area contributed by atoms with Crippen molar-refractivity contribution in [3.8, 4) is 5.75 Å². The summed E-state index contributed by atoms with van der Waals surface area (Å²) in [5.41, 5.74) is 1.16. The highest BCUT2D eigenvalue weighted by molar-refractivity contribution is 5.50. The van der Waals surface area contributed by atoms with Crippen LogP contribution in [0.1, 0.15) is 20.3 Å². The molecule has 1 fully saturated rings. The van der Waals surface area contributed by atoms with E-state index in [1.165, 1.54) is 0 Å². The molecular weight excluding hydrogens is 242 g/mol. The van der Waals surface area contributed by atoms with Crippen LogP contribution in [0.3, 0.4) is 0 Å². The van der Waals surface area contributed by atoms with E-state index in [1.54, 1.807) is 0 Å². The van der Waals surface area contributed by atoms with E-state index < -0.39 is 0 Å². The summed E-state index contributed by atoms with van der Waals surface area (Å²) in [5, 5.41) is 9.12. The van der Waals surface area contributed by atoms with Crippen molar-refractivity contribution in [3.05, 3.63) is 24.3 Å². The summed E-state index contributed by atoms with van der Waals surface area (Å²) in [7, 11) is 0. The first-order chi connectivity index (χ1) is 9.20. The van der Waals surface area contributed by atoms with E-state index in [2.05, 4.69) is 17.0 Å². The Morgan fingerprint density at radius 3 is 2.74 bits per heavy atom. The van der Waals surface area contributed by atoms with Crippen molar-refractivity contribution in [2.45, 2.75) is 32.4 Å². The largest absolute Gasteiger partial charge is 0.491 e. The Hall–Kier alpha value is -1.26. The fourth-order valence-corrected chi connectivity index (χ4v) is 2.37. The first kappa shape index (κ1) is 14.2. The lowest BCUT2D eigenvalue weighted by molar-refractivity contribution is 0.0850. The number of anilines is 1. The molecule has 0 radical (unpaired) electrons. The molecule has 0 aliphatic carbocycles. The van der Waals surface area contributed by atoms with Gasteiger partial charge in [0.1, 0.15) is 5.75 Å². The van der Waals surface area contributed by atoms with Crippen LogP contribution in [0, 0.1) is 0 Å². The third-order valence-corrected chi connectivity index (χ3v) is 3.23. The maximum atomic E-state index is 9.12. The van der Waals surface area contributed by atoms with Gasteiger partial charge >= 0.3 is 0 Å². The van der Waals surface area contributed by atoms with Gasteiger partial charge in [0, 0.05) is 18.8 Å². The van der Waals surface area contributed by atoms with Crippen LogP contribution < -0.4 is 9.64 Å². The molecule has 0 saturated carbocycles. The smallest absolute Gasteiger partial charge is 0.119 e. The molecule has 1 heterocycles. The Morgan fingerprint density at radius 2 is 2.11 bits per heavy atom. The van der Waals surface area contributed by atoms with E-state index in [0.717, 1.165) is 31.0 Å². The maximum absolute atomic E-state index is 9.12. The van der Waals surface area contributed by atoms with E-state index in [9.17, 15) is 0 Å². The fourth-order valence-electron chi connectivity index (χ4n) is 2.37. The maximum Gasteiger partial charge on any atom is 0.119 e. The summed E-state index contributed by atoms with van der Waals surface area (Å²) < 4.78 is 11.1. The van der Waals surface area contributed by atoms with Crippen molar-refractivity contribution >= 4 is 5.69 Å². The van der Waals surface area contributed by atoms with Crippen LogP contribution in [-0.2, 0) is 4.74 Å². The van der Waals surface area contributed by atoms with Gasteiger partial charge in [0.2, 0.25) is 0 Å².